The van der Waals surface area contributed by atoms with E-state index in [0.717, 1.165) is 15.8 Å². The van der Waals surface area contributed by atoms with Crippen molar-refractivity contribution in [2.45, 2.75) is 31.3 Å². The maximum atomic E-state index is 13.9. The fourth-order valence-corrected chi connectivity index (χ4v) is 7.48. The van der Waals surface area contributed by atoms with E-state index in [1.54, 1.807) is 30.3 Å². The van der Waals surface area contributed by atoms with Gasteiger partial charge >= 0.3 is 0 Å². The zero-order chi connectivity index (χ0) is 28.6. The number of pyridine rings is 1. The molecule has 0 N–H and O–H groups in total. The highest BCUT2D eigenvalue weighted by Gasteiger charge is 2.29. The van der Waals surface area contributed by atoms with Crippen LogP contribution in [0, 0.1) is 6.92 Å². The first-order chi connectivity index (χ1) is 19.8. The molecule has 6 rings (SSSR count). The van der Waals surface area contributed by atoms with Gasteiger partial charge in [0.1, 0.15) is 11.3 Å². The summed E-state index contributed by atoms with van der Waals surface area (Å²) < 4.78 is 34.9. The Labute approximate surface area is 242 Å². The van der Waals surface area contributed by atoms with Crippen LogP contribution >= 0.6 is 11.3 Å². The number of hydrogen-bond donors (Lipinski definition) is 0. The second-order valence-corrected chi connectivity index (χ2v) is 12.8. The van der Waals surface area contributed by atoms with Crippen LogP contribution < -0.4 is 9.64 Å². The molecule has 0 atom stereocenters. The number of benzene rings is 3. The molecular formula is C31H28N4O4S2. The van der Waals surface area contributed by atoms with Crippen LogP contribution in [0.3, 0.4) is 0 Å². The summed E-state index contributed by atoms with van der Waals surface area (Å²) in [6.07, 6.45) is 2.35. The van der Waals surface area contributed by atoms with E-state index >= 15 is 0 Å². The molecule has 0 bridgehead atoms. The molecule has 0 aliphatic carbocycles. The summed E-state index contributed by atoms with van der Waals surface area (Å²) >= 11 is 1.41. The second kappa shape index (κ2) is 11.0. The van der Waals surface area contributed by atoms with Crippen molar-refractivity contribution in [2.24, 2.45) is 0 Å². The van der Waals surface area contributed by atoms with Crippen LogP contribution in [0.4, 0.5) is 5.13 Å². The predicted octanol–water partition coefficient (Wildman–Crippen LogP) is 5.60. The second-order valence-electron chi connectivity index (χ2n) is 9.85. The quantitative estimate of drug-likeness (QED) is 0.247. The highest BCUT2D eigenvalue weighted by Crippen LogP contribution is 2.37. The third-order valence-corrected chi connectivity index (χ3v) is 10.3. The van der Waals surface area contributed by atoms with Crippen LogP contribution in [0.15, 0.2) is 90.0 Å². The van der Waals surface area contributed by atoms with Gasteiger partial charge in [-0.1, -0.05) is 47.7 Å². The number of amides is 1. The van der Waals surface area contributed by atoms with Crippen LogP contribution in [0.5, 0.6) is 5.75 Å². The molecule has 3 heterocycles. The molecule has 1 amide bonds. The molecule has 208 valence electrons. The standard InChI is InChI=1S/C31H28N4O4S2/c1-21-10-15-27(39-2)28-29(21)40-31(33-28)35(20-25-9-5-6-17-32-25)30(36)23-11-13-26(14-12-23)41(37,38)34-18-16-22-7-3-4-8-24(22)19-34/h3-15,17H,16,18-20H2,1-2H3. The van der Waals surface area contributed by atoms with Gasteiger partial charge in [0.2, 0.25) is 10.0 Å². The lowest BCUT2D eigenvalue weighted by Crippen LogP contribution is -2.36. The van der Waals surface area contributed by atoms with E-state index in [0.29, 0.717) is 47.2 Å². The SMILES string of the molecule is COc1ccc(C)c2sc(N(Cc3ccccn3)C(=O)c3ccc(S(=O)(=O)N4CCc5ccccc5C4)cc3)nc12. The number of hydrogen-bond acceptors (Lipinski definition) is 7. The van der Waals surface area contributed by atoms with Crippen molar-refractivity contribution in [1.82, 2.24) is 14.3 Å². The highest BCUT2D eigenvalue weighted by molar-refractivity contribution is 7.89. The summed E-state index contributed by atoms with van der Waals surface area (Å²) in [7, 11) is -2.13. The third kappa shape index (κ3) is 5.21. The largest absolute Gasteiger partial charge is 0.494 e. The van der Waals surface area contributed by atoms with Crippen LogP contribution in [0.2, 0.25) is 0 Å². The van der Waals surface area contributed by atoms with Crippen LogP contribution in [0.1, 0.15) is 32.7 Å². The number of fused-ring (bicyclic) bond motifs is 2. The lowest BCUT2D eigenvalue weighted by molar-refractivity contribution is 0.0984. The Bertz CT molecular complexity index is 1840. The number of methoxy groups -OCH3 is 1. The van der Waals surface area contributed by atoms with Gasteiger partial charge in [-0.25, -0.2) is 13.4 Å². The van der Waals surface area contributed by atoms with Gasteiger partial charge in [0, 0.05) is 24.8 Å². The van der Waals surface area contributed by atoms with Crippen molar-refractivity contribution in [3.05, 3.63) is 113 Å². The number of rotatable bonds is 7. The van der Waals surface area contributed by atoms with E-state index in [1.165, 1.54) is 33.3 Å². The molecule has 1 aliphatic heterocycles. The first-order valence-electron chi connectivity index (χ1n) is 13.2. The predicted molar refractivity (Wildman–Crippen MR) is 160 cm³/mol. The van der Waals surface area contributed by atoms with Gasteiger partial charge in [-0.3, -0.25) is 14.7 Å². The molecule has 1 aliphatic rings. The van der Waals surface area contributed by atoms with Gasteiger partial charge in [0.15, 0.2) is 5.13 Å². The molecule has 0 spiro atoms. The summed E-state index contributed by atoms with van der Waals surface area (Å²) in [5.74, 6) is 0.329. The fraction of sp³-hybridized carbons (Fsp3) is 0.194. The first kappa shape index (κ1) is 27.1. The van der Waals surface area contributed by atoms with Gasteiger partial charge in [-0.2, -0.15) is 4.31 Å². The van der Waals surface area contributed by atoms with Crippen LogP contribution in [0.25, 0.3) is 10.2 Å². The minimum Gasteiger partial charge on any atom is -0.494 e. The minimum atomic E-state index is -3.72. The Hall–Kier alpha value is -4.12. The first-order valence-corrected chi connectivity index (χ1v) is 15.4. The van der Waals surface area contributed by atoms with E-state index in [9.17, 15) is 13.2 Å². The number of thiazole rings is 1. The molecule has 0 fully saturated rings. The number of aromatic nitrogens is 2. The molecule has 0 unspecified atom stereocenters. The summed E-state index contributed by atoms with van der Waals surface area (Å²) in [4.78, 5) is 24.9. The van der Waals surface area contributed by atoms with Gasteiger partial charge < -0.3 is 4.74 Å². The van der Waals surface area contributed by atoms with Crippen molar-refractivity contribution in [3.8, 4) is 5.75 Å². The molecule has 0 radical (unpaired) electrons. The lowest BCUT2D eigenvalue weighted by atomic mass is 10.0. The fourth-order valence-electron chi connectivity index (χ4n) is 5.01. The molecule has 10 heteroatoms. The van der Waals surface area contributed by atoms with E-state index < -0.39 is 10.0 Å². The summed E-state index contributed by atoms with van der Waals surface area (Å²) in [6.45, 7) is 2.94. The van der Waals surface area contributed by atoms with Gasteiger partial charge in [-0.15, -0.1) is 0 Å². The Morgan fingerprint density at radius 1 is 1.00 bits per heavy atom. The zero-order valence-electron chi connectivity index (χ0n) is 22.6. The maximum absolute atomic E-state index is 13.9. The minimum absolute atomic E-state index is 0.157. The van der Waals surface area contributed by atoms with Crippen molar-refractivity contribution in [3.63, 3.8) is 0 Å². The van der Waals surface area contributed by atoms with Gasteiger partial charge in [0.25, 0.3) is 5.91 Å². The van der Waals surface area contributed by atoms with E-state index in [4.69, 9.17) is 9.72 Å². The summed E-state index contributed by atoms with van der Waals surface area (Å²) in [5, 5.41) is 0.506. The van der Waals surface area contributed by atoms with Crippen molar-refractivity contribution < 1.29 is 17.9 Å². The van der Waals surface area contributed by atoms with Gasteiger partial charge in [-0.05, 0) is 72.5 Å². The molecule has 5 aromatic rings. The average molecular weight is 585 g/mol. The number of anilines is 1. The number of aryl methyl sites for hydroxylation is 1. The molecule has 2 aromatic heterocycles. The Morgan fingerprint density at radius 3 is 2.49 bits per heavy atom. The number of sulfonamides is 1. The van der Waals surface area contributed by atoms with Crippen molar-refractivity contribution >= 4 is 42.6 Å². The summed E-state index contributed by atoms with van der Waals surface area (Å²) in [6, 6.07) is 23.4. The average Bonchev–Trinajstić information content (AvgIpc) is 3.46. The monoisotopic (exact) mass is 584 g/mol. The lowest BCUT2D eigenvalue weighted by Gasteiger charge is -2.28. The van der Waals surface area contributed by atoms with E-state index in [2.05, 4.69) is 4.98 Å². The van der Waals surface area contributed by atoms with E-state index in [1.807, 2.05) is 61.5 Å². The number of ether oxygens (including phenoxy) is 1. The van der Waals surface area contributed by atoms with Crippen molar-refractivity contribution in [2.75, 3.05) is 18.6 Å². The molecule has 0 saturated carbocycles. The molecule has 0 saturated heterocycles. The van der Waals surface area contributed by atoms with Crippen LogP contribution in [-0.4, -0.2) is 42.3 Å². The summed E-state index contributed by atoms with van der Waals surface area (Å²) in [5.41, 5.74) is 4.97. The third-order valence-electron chi connectivity index (χ3n) is 7.27. The van der Waals surface area contributed by atoms with Crippen LogP contribution in [-0.2, 0) is 29.5 Å². The number of carbonyl (C=O) groups is 1. The zero-order valence-corrected chi connectivity index (χ0v) is 24.3. The topological polar surface area (TPSA) is 92.7 Å². The number of carbonyl (C=O) groups excluding carboxylic acids is 1. The molecule has 8 nitrogen and oxygen atoms in total. The Kier molecular flexibility index (Phi) is 7.29. The van der Waals surface area contributed by atoms with Crippen molar-refractivity contribution in [1.29, 1.82) is 0 Å². The normalized spacial score (nSPS) is 13.6. The molecule has 41 heavy (non-hydrogen) atoms. The highest BCUT2D eigenvalue weighted by atomic mass is 32.2. The molecule has 3 aromatic carbocycles. The number of nitrogens with zero attached hydrogens (tertiary/aromatic N) is 4. The smallest absolute Gasteiger partial charge is 0.260 e. The maximum Gasteiger partial charge on any atom is 0.260 e. The van der Waals surface area contributed by atoms with E-state index in [-0.39, 0.29) is 17.3 Å². The Balaban J connectivity index is 1.32. The Morgan fingerprint density at radius 2 is 1.76 bits per heavy atom. The molecular weight excluding hydrogens is 556 g/mol. The van der Waals surface area contributed by atoms with Gasteiger partial charge in [0.05, 0.1) is 28.9 Å².